The molecule has 1 rings (SSSR count). The fourth-order valence-electron chi connectivity index (χ4n) is 1.66. The third-order valence-electron chi connectivity index (χ3n) is 2.64. The minimum Gasteiger partial charge on any atom is -0.444 e. The monoisotopic (exact) mass is 304 g/mol. The lowest BCUT2D eigenvalue weighted by Gasteiger charge is -2.19. The molecular weight excluding hydrogens is 284 g/mol. The van der Waals surface area contributed by atoms with Crippen LogP contribution in [0, 0.1) is 28.9 Å². The quantitative estimate of drug-likeness (QED) is 0.402. The first-order chi connectivity index (χ1) is 10.2. The second-order valence-electron chi connectivity index (χ2n) is 5.69. The Morgan fingerprint density at radius 2 is 2.09 bits per heavy atom. The Balaban J connectivity index is 2.54. The second-order valence-corrected chi connectivity index (χ2v) is 5.69. The van der Waals surface area contributed by atoms with E-state index in [0.717, 1.165) is 0 Å². The van der Waals surface area contributed by atoms with Crippen LogP contribution in [0.2, 0.25) is 0 Å². The van der Waals surface area contributed by atoms with E-state index in [1.54, 1.807) is 39.8 Å². The molecule has 6 heteroatoms. The SMILES string of the molecule is Cc1c(C#CCCNC(=O)OC(C)(C)C)cccc1[N+](=O)[O-]. The fourth-order valence-corrected chi connectivity index (χ4v) is 1.66. The Morgan fingerprint density at radius 1 is 1.41 bits per heavy atom. The van der Waals surface area contributed by atoms with Crippen molar-refractivity contribution in [3.8, 4) is 11.8 Å². The van der Waals surface area contributed by atoms with Gasteiger partial charge in [0.2, 0.25) is 0 Å². The number of rotatable bonds is 3. The average Bonchev–Trinajstić information content (AvgIpc) is 2.37. The Bertz CT molecular complexity index is 621. The second kappa shape index (κ2) is 7.46. The Morgan fingerprint density at radius 3 is 2.68 bits per heavy atom. The minimum atomic E-state index is -0.532. The van der Waals surface area contributed by atoms with E-state index >= 15 is 0 Å². The van der Waals surface area contributed by atoms with Crippen LogP contribution < -0.4 is 5.32 Å². The van der Waals surface area contributed by atoms with E-state index < -0.39 is 16.6 Å². The molecule has 0 bridgehead atoms. The van der Waals surface area contributed by atoms with Gasteiger partial charge in [0, 0.05) is 30.2 Å². The molecule has 0 saturated carbocycles. The maximum absolute atomic E-state index is 11.4. The molecule has 0 unspecified atom stereocenters. The van der Waals surface area contributed by atoms with Crippen molar-refractivity contribution >= 4 is 11.8 Å². The summed E-state index contributed by atoms with van der Waals surface area (Å²) in [6, 6.07) is 4.79. The molecule has 1 aromatic rings. The molecule has 0 aliphatic heterocycles. The highest BCUT2D eigenvalue weighted by molar-refractivity contribution is 5.67. The van der Waals surface area contributed by atoms with Gasteiger partial charge in [0.05, 0.1) is 4.92 Å². The van der Waals surface area contributed by atoms with Crippen LogP contribution in [0.15, 0.2) is 18.2 Å². The highest BCUT2D eigenvalue weighted by atomic mass is 16.6. The summed E-state index contributed by atoms with van der Waals surface area (Å²) in [7, 11) is 0. The van der Waals surface area contributed by atoms with Crippen molar-refractivity contribution in [1.82, 2.24) is 5.32 Å². The number of nitrogens with one attached hydrogen (secondary N) is 1. The summed E-state index contributed by atoms with van der Waals surface area (Å²) in [6.07, 6.45) is -0.0534. The largest absolute Gasteiger partial charge is 0.444 e. The third-order valence-corrected chi connectivity index (χ3v) is 2.64. The molecule has 118 valence electrons. The average molecular weight is 304 g/mol. The van der Waals surface area contributed by atoms with E-state index in [2.05, 4.69) is 17.2 Å². The van der Waals surface area contributed by atoms with Crippen molar-refractivity contribution < 1.29 is 14.5 Å². The summed E-state index contributed by atoms with van der Waals surface area (Å²) >= 11 is 0. The standard InChI is InChI=1S/C16H20N2O4/c1-12-13(9-7-10-14(12)18(20)21)8-5-6-11-17-15(19)22-16(2,3)4/h7,9-10H,6,11H2,1-4H3,(H,17,19). The lowest BCUT2D eigenvalue weighted by Crippen LogP contribution is -2.32. The zero-order valence-electron chi connectivity index (χ0n) is 13.2. The van der Waals surface area contributed by atoms with Gasteiger partial charge in [0.15, 0.2) is 0 Å². The maximum Gasteiger partial charge on any atom is 0.407 e. The Hall–Kier alpha value is -2.55. The number of amides is 1. The van der Waals surface area contributed by atoms with Gasteiger partial charge < -0.3 is 10.1 Å². The van der Waals surface area contributed by atoms with Crippen molar-refractivity contribution in [2.75, 3.05) is 6.54 Å². The number of nitro benzene ring substituents is 1. The molecule has 1 N–H and O–H groups in total. The zero-order chi connectivity index (χ0) is 16.8. The Kier molecular flexibility index (Phi) is 5.93. The van der Waals surface area contributed by atoms with Crippen LogP contribution in [0.25, 0.3) is 0 Å². The van der Waals surface area contributed by atoms with Gasteiger partial charge in [-0.1, -0.05) is 17.9 Å². The predicted octanol–water partition coefficient (Wildman–Crippen LogP) is 3.17. The molecule has 0 aliphatic rings. The summed E-state index contributed by atoms with van der Waals surface area (Å²) in [5, 5.41) is 13.4. The summed E-state index contributed by atoms with van der Waals surface area (Å²) in [5.74, 6) is 5.77. The lowest BCUT2D eigenvalue weighted by molar-refractivity contribution is -0.385. The third kappa shape index (κ3) is 5.83. The number of alkyl carbamates (subject to hydrolysis) is 1. The molecule has 22 heavy (non-hydrogen) atoms. The van der Waals surface area contributed by atoms with Crippen molar-refractivity contribution in [3.05, 3.63) is 39.4 Å². The first-order valence-corrected chi connectivity index (χ1v) is 6.90. The highest BCUT2D eigenvalue weighted by Gasteiger charge is 2.15. The smallest absolute Gasteiger partial charge is 0.407 e. The number of nitrogens with zero attached hydrogens (tertiary/aromatic N) is 1. The highest BCUT2D eigenvalue weighted by Crippen LogP contribution is 2.20. The molecule has 0 spiro atoms. The lowest BCUT2D eigenvalue weighted by atomic mass is 10.1. The molecule has 0 fully saturated rings. The first-order valence-electron chi connectivity index (χ1n) is 6.90. The molecule has 0 aliphatic carbocycles. The number of hydrogen-bond donors (Lipinski definition) is 1. The molecule has 1 aromatic carbocycles. The summed E-state index contributed by atoms with van der Waals surface area (Å²) in [4.78, 5) is 21.8. The van der Waals surface area contributed by atoms with Gasteiger partial charge in [-0.15, -0.1) is 0 Å². The van der Waals surface area contributed by atoms with Gasteiger partial charge in [0.25, 0.3) is 5.69 Å². The van der Waals surface area contributed by atoms with Crippen LogP contribution in [0.5, 0.6) is 0 Å². The van der Waals surface area contributed by atoms with Crippen molar-refractivity contribution in [2.45, 2.75) is 39.7 Å². The molecule has 0 heterocycles. The van der Waals surface area contributed by atoms with Gasteiger partial charge in [-0.3, -0.25) is 10.1 Å². The van der Waals surface area contributed by atoms with Gasteiger partial charge in [-0.05, 0) is 33.8 Å². The molecule has 0 atom stereocenters. The predicted molar refractivity (Wildman–Crippen MR) is 83.6 cm³/mol. The van der Waals surface area contributed by atoms with Crippen LogP contribution >= 0.6 is 0 Å². The molecule has 0 aromatic heterocycles. The summed E-state index contributed by atoms with van der Waals surface area (Å²) in [6.45, 7) is 7.39. The molecule has 6 nitrogen and oxygen atoms in total. The molecular formula is C16H20N2O4. The van der Waals surface area contributed by atoms with Crippen molar-refractivity contribution in [3.63, 3.8) is 0 Å². The van der Waals surface area contributed by atoms with Crippen molar-refractivity contribution in [2.24, 2.45) is 0 Å². The van der Waals surface area contributed by atoms with Gasteiger partial charge in [0.1, 0.15) is 5.60 Å². The number of benzene rings is 1. The van der Waals surface area contributed by atoms with Crippen LogP contribution in [0.1, 0.15) is 38.3 Å². The van der Waals surface area contributed by atoms with Gasteiger partial charge >= 0.3 is 6.09 Å². The minimum absolute atomic E-state index is 0.0543. The van der Waals surface area contributed by atoms with Crippen molar-refractivity contribution in [1.29, 1.82) is 0 Å². The first kappa shape index (κ1) is 17.5. The van der Waals surface area contributed by atoms with Gasteiger partial charge in [-0.2, -0.15) is 0 Å². The Labute approximate surface area is 130 Å². The maximum atomic E-state index is 11.4. The van der Waals surface area contributed by atoms with E-state index in [1.807, 2.05) is 0 Å². The van der Waals surface area contributed by atoms with Gasteiger partial charge in [-0.25, -0.2) is 4.79 Å². The van der Waals surface area contributed by atoms with E-state index in [9.17, 15) is 14.9 Å². The summed E-state index contributed by atoms with van der Waals surface area (Å²) in [5.41, 5.74) is 0.681. The number of hydrogen-bond acceptors (Lipinski definition) is 4. The van der Waals surface area contributed by atoms with Crippen LogP contribution in [-0.2, 0) is 4.74 Å². The molecule has 1 amide bonds. The van der Waals surface area contributed by atoms with Crippen LogP contribution in [-0.4, -0.2) is 23.2 Å². The zero-order valence-corrected chi connectivity index (χ0v) is 13.2. The van der Waals surface area contributed by atoms with Crippen LogP contribution in [0.4, 0.5) is 10.5 Å². The summed E-state index contributed by atoms with van der Waals surface area (Å²) < 4.78 is 5.09. The number of ether oxygens (including phenoxy) is 1. The number of carbonyl (C=O) groups is 1. The number of carbonyl (C=O) groups excluding carboxylic acids is 1. The molecule has 0 radical (unpaired) electrons. The van der Waals surface area contributed by atoms with E-state index in [4.69, 9.17) is 4.74 Å². The van der Waals surface area contributed by atoms with E-state index in [0.29, 0.717) is 24.1 Å². The number of nitro groups is 1. The topological polar surface area (TPSA) is 81.5 Å². The van der Waals surface area contributed by atoms with E-state index in [-0.39, 0.29) is 5.69 Å². The van der Waals surface area contributed by atoms with Crippen LogP contribution in [0.3, 0.4) is 0 Å². The van der Waals surface area contributed by atoms with E-state index in [1.165, 1.54) is 6.07 Å². The molecule has 0 saturated heterocycles. The normalized spacial score (nSPS) is 10.4. The fraction of sp³-hybridized carbons (Fsp3) is 0.438.